The molecule has 1 rings (SSSR count). The van der Waals surface area contributed by atoms with Crippen LogP contribution >= 0.6 is 24.4 Å². The van der Waals surface area contributed by atoms with E-state index >= 15 is 0 Å². The standard InChI is InChI=1S/C13H19NO2S2/c1-3-13(4-2,9-17)10-18-12-8-6-5-7-11(12)14(15)16/h5-8,17H,3-4,9-10H2,1-2H3. The van der Waals surface area contributed by atoms with E-state index in [0.29, 0.717) is 0 Å². The second-order valence-electron chi connectivity index (χ2n) is 4.38. The minimum Gasteiger partial charge on any atom is -0.258 e. The number of nitro groups is 1. The fourth-order valence-electron chi connectivity index (χ4n) is 1.68. The molecule has 0 saturated carbocycles. The molecule has 0 fully saturated rings. The second-order valence-corrected chi connectivity index (χ2v) is 5.71. The second kappa shape index (κ2) is 7.04. The van der Waals surface area contributed by atoms with Gasteiger partial charge in [-0.1, -0.05) is 26.0 Å². The molecule has 5 heteroatoms. The van der Waals surface area contributed by atoms with Gasteiger partial charge in [-0.05, 0) is 30.1 Å². The Hall–Kier alpha value is -0.680. The van der Waals surface area contributed by atoms with E-state index in [1.165, 1.54) is 0 Å². The van der Waals surface area contributed by atoms with Gasteiger partial charge in [-0.15, -0.1) is 11.8 Å². The van der Waals surface area contributed by atoms with E-state index in [1.54, 1.807) is 23.9 Å². The van der Waals surface area contributed by atoms with Crippen molar-refractivity contribution >= 4 is 30.1 Å². The summed E-state index contributed by atoms with van der Waals surface area (Å²) in [6.07, 6.45) is 2.08. The molecule has 0 aliphatic carbocycles. The van der Waals surface area contributed by atoms with Crippen molar-refractivity contribution in [3.63, 3.8) is 0 Å². The molecule has 0 radical (unpaired) electrons. The molecule has 0 bridgehead atoms. The molecular formula is C13H19NO2S2. The van der Waals surface area contributed by atoms with Crippen LogP contribution in [0.2, 0.25) is 0 Å². The van der Waals surface area contributed by atoms with Crippen LogP contribution in [-0.4, -0.2) is 16.4 Å². The van der Waals surface area contributed by atoms with E-state index in [-0.39, 0.29) is 16.0 Å². The molecule has 18 heavy (non-hydrogen) atoms. The Kier molecular flexibility index (Phi) is 6.02. The number of nitrogens with zero attached hydrogens (tertiary/aromatic N) is 1. The zero-order valence-corrected chi connectivity index (χ0v) is 12.5. The van der Waals surface area contributed by atoms with Crippen molar-refractivity contribution < 1.29 is 4.92 Å². The van der Waals surface area contributed by atoms with Gasteiger partial charge in [-0.3, -0.25) is 10.1 Å². The number of thiol groups is 1. The number of thioether (sulfide) groups is 1. The summed E-state index contributed by atoms with van der Waals surface area (Å²) in [5.74, 6) is 1.68. The number of para-hydroxylation sites is 1. The monoisotopic (exact) mass is 285 g/mol. The molecule has 3 nitrogen and oxygen atoms in total. The predicted octanol–water partition coefficient (Wildman–Crippen LogP) is 4.42. The summed E-state index contributed by atoms with van der Waals surface area (Å²) >= 11 is 5.99. The molecule has 0 aromatic heterocycles. The van der Waals surface area contributed by atoms with Crippen LogP contribution in [0.4, 0.5) is 5.69 Å². The molecule has 0 heterocycles. The van der Waals surface area contributed by atoms with Gasteiger partial charge in [0.15, 0.2) is 0 Å². The maximum Gasteiger partial charge on any atom is 0.282 e. The molecule has 0 N–H and O–H groups in total. The number of benzene rings is 1. The number of rotatable bonds is 7. The fourth-order valence-corrected chi connectivity index (χ4v) is 3.83. The first-order valence-electron chi connectivity index (χ1n) is 6.05. The van der Waals surface area contributed by atoms with Gasteiger partial charge in [0.2, 0.25) is 0 Å². The van der Waals surface area contributed by atoms with E-state index in [2.05, 4.69) is 26.5 Å². The molecule has 1 aromatic rings. The largest absolute Gasteiger partial charge is 0.282 e. The SMILES string of the molecule is CCC(CC)(CS)CSc1ccccc1[N+](=O)[O-]. The Labute approximate surface area is 118 Å². The highest BCUT2D eigenvalue weighted by molar-refractivity contribution is 7.99. The normalized spacial score (nSPS) is 11.5. The summed E-state index contributed by atoms with van der Waals surface area (Å²) in [6.45, 7) is 4.30. The minimum atomic E-state index is -0.317. The average molecular weight is 285 g/mol. The molecule has 0 aliphatic rings. The van der Waals surface area contributed by atoms with E-state index < -0.39 is 0 Å². The third-order valence-corrected chi connectivity index (χ3v) is 5.51. The predicted molar refractivity (Wildman–Crippen MR) is 80.7 cm³/mol. The summed E-state index contributed by atoms with van der Waals surface area (Å²) in [4.78, 5) is 11.4. The quantitative estimate of drug-likeness (QED) is 0.349. The first-order chi connectivity index (χ1) is 8.58. The van der Waals surface area contributed by atoms with E-state index in [9.17, 15) is 10.1 Å². The summed E-state index contributed by atoms with van der Waals surface area (Å²) < 4.78 is 0. The van der Waals surface area contributed by atoms with Gasteiger partial charge in [0, 0.05) is 11.8 Å². The van der Waals surface area contributed by atoms with Gasteiger partial charge in [0.1, 0.15) is 0 Å². The van der Waals surface area contributed by atoms with Crippen molar-refractivity contribution in [1.82, 2.24) is 0 Å². The van der Waals surface area contributed by atoms with Crippen LogP contribution in [-0.2, 0) is 0 Å². The van der Waals surface area contributed by atoms with Crippen LogP contribution in [0.5, 0.6) is 0 Å². The Morgan fingerprint density at radius 3 is 2.44 bits per heavy atom. The smallest absolute Gasteiger partial charge is 0.258 e. The van der Waals surface area contributed by atoms with Crippen LogP contribution in [0.1, 0.15) is 26.7 Å². The van der Waals surface area contributed by atoms with Crippen molar-refractivity contribution in [2.24, 2.45) is 5.41 Å². The van der Waals surface area contributed by atoms with Gasteiger partial charge in [0.05, 0.1) is 9.82 Å². The van der Waals surface area contributed by atoms with Crippen molar-refractivity contribution in [3.05, 3.63) is 34.4 Å². The van der Waals surface area contributed by atoms with Gasteiger partial charge >= 0.3 is 0 Å². The summed E-state index contributed by atoms with van der Waals surface area (Å²) in [5, 5.41) is 10.9. The average Bonchev–Trinajstić information content (AvgIpc) is 2.41. The molecule has 0 unspecified atom stereocenters. The Balaban J connectivity index is 2.83. The summed E-state index contributed by atoms with van der Waals surface area (Å²) in [7, 11) is 0. The van der Waals surface area contributed by atoms with E-state index in [4.69, 9.17) is 0 Å². The highest BCUT2D eigenvalue weighted by Crippen LogP contribution is 2.37. The lowest BCUT2D eigenvalue weighted by molar-refractivity contribution is -0.387. The molecule has 0 spiro atoms. The van der Waals surface area contributed by atoms with Gasteiger partial charge < -0.3 is 0 Å². The fraction of sp³-hybridized carbons (Fsp3) is 0.538. The van der Waals surface area contributed by atoms with Crippen molar-refractivity contribution in [2.75, 3.05) is 11.5 Å². The Morgan fingerprint density at radius 1 is 1.33 bits per heavy atom. The lowest BCUT2D eigenvalue weighted by atomic mass is 9.87. The molecule has 1 aromatic carbocycles. The zero-order chi connectivity index (χ0) is 13.6. The molecule has 0 saturated heterocycles. The molecular weight excluding hydrogens is 266 g/mol. The molecule has 100 valence electrons. The third kappa shape index (κ3) is 3.65. The number of nitro benzene ring substituents is 1. The first kappa shape index (κ1) is 15.4. The van der Waals surface area contributed by atoms with E-state index in [1.807, 2.05) is 12.1 Å². The highest BCUT2D eigenvalue weighted by Gasteiger charge is 2.26. The maximum atomic E-state index is 10.9. The summed E-state index contributed by atoms with van der Waals surface area (Å²) in [6, 6.07) is 6.92. The molecule has 0 atom stereocenters. The van der Waals surface area contributed by atoms with Crippen LogP contribution in [0.15, 0.2) is 29.2 Å². The molecule has 0 aliphatic heterocycles. The topological polar surface area (TPSA) is 43.1 Å². The lowest BCUT2D eigenvalue weighted by Crippen LogP contribution is -2.24. The van der Waals surface area contributed by atoms with Gasteiger partial charge in [-0.25, -0.2) is 0 Å². The molecule has 0 amide bonds. The third-order valence-electron chi connectivity index (χ3n) is 3.43. The van der Waals surface area contributed by atoms with Crippen LogP contribution in [0, 0.1) is 15.5 Å². The number of hydrogen-bond acceptors (Lipinski definition) is 4. The maximum absolute atomic E-state index is 10.9. The van der Waals surface area contributed by atoms with Crippen LogP contribution in [0.25, 0.3) is 0 Å². The van der Waals surface area contributed by atoms with Gasteiger partial charge in [-0.2, -0.15) is 12.6 Å². The van der Waals surface area contributed by atoms with Crippen molar-refractivity contribution in [2.45, 2.75) is 31.6 Å². The summed E-state index contributed by atoms with van der Waals surface area (Å²) in [5.41, 5.74) is 0.361. The zero-order valence-electron chi connectivity index (χ0n) is 10.8. The van der Waals surface area contributed by atoms with Crippen LogP contribution < -0.4 is 0 Å². The lowest BCUT2D eigenvalue weighted by Gasteiger charge is -2.29. The van der Waals surface area contributed by atoms with Crippen molar-refractivity contribution in [3.8, 4) is 0 Å². The van der Waals surface area contributed by atoms with Crippen molar-refractivity contribution in [1.29, 1.82) is 0 Å². The van der Waals surface area contributed by atoms with E-state index in [0.717, 1.165) is 29.2 Å². The Bertz CT molecular complexity index is 397. The highest BCUT2D eigenvalue weighted by atomic mass is 32.2. The first-order valence-corrected chi connectivity index (χ1v) is 7.67. The minimum absolute atomic E-state index is 0.164. The number of hydrogen-bond donors (Lipinski definition) is 1. The van der Waals surface area contributed by atoms with Crippen LogP contribution in [0.3, 0.4) is 0 Å². The van der Waals surface area contributed by atoms with Gasteiger partial charge in [0.25, 0.3) is 5.69 Å². The Morgan fingerprint density at radius 2 is 1.94 bits per heavy atom.